The Labute approximate surface area is 159 Å². The van der Waals surface area contributed by atoms with E-state index in [0.717, 1.165) is 11.8 Å². The van der Waals surface area contributed by atoms with E-state index in [-0.39, 0.29) is 17.4 Å². The second-order valence-electron chi connectivity index (χ2n) is 7.05. The van der Waals surface area contributed by atoms with Gasteiger partial charge in [-0.25, -0.2) is 0 Å². The average molecular weight is 388 g/mol. The van der Waals surface area contributed by atoms with Crippen LogP contribution in [-0.2, 0) is 6.18 Å². The number of nitrogens with one attached hydrogen (secondary N) is 1. The van der Waals surface area contributed by atoms with Crippen LogP contribution in [0.3, 0.4) is 0 Å². The van der Waals surface area contributed by atoms with Crippen molar-refractivity contribution < 1.29 is 18.3 Å². The molecule has 1 aromatic heterocycles. The van der Waals surface area contributed by atoms with Gasteiger partial charge in [0.1, 0.15) is 0 Å². The number of anilines is 1. The molecule has 0 spiro atoms. The molecule has 2 N–H and O–H groups in total. The van der Waals surface area contributed by atoms with Gasteiger partial charge in [-0.2, -0.15) is 13.2 Å². The van der Waals surface area contributed by atoms with Crippen molar-refractivity contribution in [2.24, 2.45) is 0 Å². The maximum absolute atomic E-state index is 13.3. The Balaban J connectivity index is 1.77. The fraction of sp³-hybridized carbons (Fsp3) is 0.286. The minimum Gasteiger partial charge on any atom is -0.393 e. The van der Waals surface area contributed by atoms with Crippen LogP contribution in [0.4, 0.5) is 18.9 Å². The molecule has 1 fully saturated rings. The van der Waals surface area contributed by atoms with Crippen LogP contribution in [0.1, 0.15) is 18.4 Å². The van der Waals surface area contributed by atoms with Gasteiger partial charge in [0.25, 0.3) is 5.56 Å². The standard InChI is InChI=1S/C21H19F3N2O2/c22-21(23,24)18-4-2-1-3-16(18)19-11-13-5-6-14(12-17(13)20(28)25-19)26-9-7-15(27)8-10-26/h1-6,11-12,15,27H,7-10H2,(H,25,28). The van der Waals surface area contributed by atoms with Crippen molar-refractivity contribution in [1.29, 1.82) is 0 Å². The first-order valence-electron chi connectivity index (χ1n) is 9.09. The molecular formula is C21H19F3N2O2. The number of hydrogen-bond acceptors (Lipinski definition) is 3. The lowest BCUT2D eigenvalue weighted by molar-refractivity contribution is -0.137. The molecule has 0 aliphatic carbocycles. The van der Waals surface area contributed by atoms with Gasteiger partial charge in [-0.05, 0) is 42.5 Å². The summed E-state index contributed by atoms with van der Waals surface area (Å²) in [5, 5.41) is 10.7. The van der Waals surface area contributed by atoms with E-state index in [4.69, 9.17) is 0 Å². The molecule has 1 aliphatic rings. The lowest BCUT2D eigenvalue weighted by Gasteiger charge is -2.31. The smallest absolute Gasteiger partial charge is 0.393 e. The fourth-order valence-electron chi connectivity index (χ4n) is 3.68. The van der Waals surface area contributed by atoms with Gasteiger partial charge < -0.3 is 15.0 Å². The number of benzene rings is 2. The van der Waals surface area contributed by atoms with Crippen LogP contribution in [-0.4, -0.2) is 29.3 Å². The maximum Gasteiger partial charge on any atom is 0.417 e. The zero-order valence-electron chi connectivity index (χ0n) is 15.0. The van der Waals surface area contributed by atoms with Crippen LogP contribution in [0, 0.1) is 0 Å². The third-order valence-electron chi connectivity index (χ3n) is 5.18. The van der Waals surface area contributed by atoms with Gasteiger partial charge in [0.05, 0.1) is 11.7 Å². The highest BCUT2D eigenvalue weighted by Crippen LogP contribution is 2.36. The number of fused-ring (bicyclic) bond motifs is 1. The summed E-state index contributed by atoms with van der Waals surface area (Å²) in [7, 11) is 0. The molecule has 28 heavy (non-hydrogen) atoms. The van der Waals surface area contributed by atoms with Crippen LogP contribution in [0.2, 0.25) is 0 Å². The van der Waals surface area contributed by atoms with Crippen molar-refractivity contribution in [2.45, 2.75) is 25.1 Å². The summed E-state index contributed by atoms with van der Waals surface area (Å²) >= 11 is 0. The summed E-state index contributed by atoms with van der Waals surface area (Å²) in [4.78, 5) is 17.3. The molecule has 2 heterocycles. The molecular weight excluding hydrogens is 369 g/mol. The highest BCUT2D eigenvalue weighted by Gasteiger charge is 2.33. The SMILES string of the molecule is O=c1[nH]c(-c2ccccc2C(F)(F)F)cc2ccc(N3CCC(O)CC3)cc12. The van der Waals surface area contributed by atoms with E-state index in [2.05, 4.69) is 9.88 Å². The topological polar surface area (TPSA) is 56.3 Å². The van der Waals surface area contributed by atoms with Gasteiger partial charge in [0, 0.05) is 35.4 Å². The summed E-state index contributed by atoms with van der Waals surface area (Å²) in [6.45, 7) is 1.39. The van der Waals surface area contributed by atoms with Gasteiger partial charge in [-0.15, -0.1) is 0 Å². The Bertz CT molecular complexity index is 1070. The van der Waals surface area contributed by atoms with Crippen molar-refractivity contribution in [3.8, 4) is 11.3 Å². The summed E-state index contributed by atoms with van der Waals surface area (Å²) in [5.74, 6) is 0. The Morgan fingerprint density at radius 1 is 1.04 bits per heavy atom. The van der Waals surface area contributed by atoms with E-state index < -0.39 is 17.3 Å². The molecule has 0 bridgehead atoms. The van der Waals surface area contributed by atoms with E-state index >= 15 is 0 Å². The summed E-state index contributed by atoms with van der Waals surface area (Å²) < 4.78 is 40.0. The van der Waals surface area contributed by atoms with Crippen LogP contribution < -0.4 is 10.5 Å². The lowest BCUT2D eigenvalue weighted by atomic mass is 10.0. The lowest BCUT2D eigenvalue weighted by Crippen LogP contribution is -2.35. The number of pyridine rings is 1. The number of aliphatic hydroxyl groups is 1. The highest BCUT2D eigenvalue weighted by molar-refractivity contribution is 5.88. The molecule has 7 heteroatoms. The maximum atomic E-state index is 13.3. The van der Waals surface area contributed by atoms with Gasteiger partial charge >= 0.3 is 6.18 Å². The number of aliphatic hydroxyl groups excluding tert-OH is 1. The molecule has 1 saturated heterocycles. The molecule has 0 saturated carbocycles. The largest absolute Gasteiger partial charge is 0.417 e. The predicted octanol–water partition coefficient (Wildman–Crippen LogP) is 4.18. The Hall–Kier alpha value is -2.80. The van der Waals surface area contributed by atoms with Crippen molar-refractivity contribution in [2.75, 3.05) is 18.0 Å². The molecule has 2 aromatic carbocycles. The number of H-pyrrole nitrogens is 1. The van der Waals surface area contributed by atoms with E-state index in [1.165, 1.54) is 18.2 Å². The number of aromatic nitrogens is 1. The number of alkyl halides is 3. The minimum atomic E-state index is -4.51. The van der Waals surface area contributed by atoms with E-state index in [1.807, 2.05) is 6.07 Å². The number of piperidine rings is 1. The second-order valence-corrected chi connectivity index (χ2v) is 7.05. The van der Waals surface area contributed by atoms with Gasteiger partial charge in [0.2, 0.25) is 0 Å². The first-order valence-corrected chi connectivity index (χ1v) is 9.09. The van der Waals surface area contributed by atoms with Crippen LogP contribution >= 0.6 is 0 Å². The van der Waals surface area contributed by atoms with Crippen molar-refractivity contribution in [3.05, 3.63) is 64.4 Å². The molecule has 3 aromatic rings. The van der Waals surface area contributed by atoms with Crippen molar-refractivity contribution >= 4 is 16.5 Å². The normalized spacial score (nSPS) is 15.9. The molecule has 0 unspecified atom stereocenters. The molecule has 4 rings (SSSR count). The zero-order chi connectivity index (χ0) is 19.9. The molecule has 1 aliphatic heterocycles. The van der Waals surface area contributed by atoms with Crippen molar-refractivity contribution in [1.82, 2.24) is 4.98 Å². The Kier molecular flexibility index (Phi) is 4.63. The zero-order valence-corrected chi connectivity index (χ0v) is 15.0. The number of halogens is 3. The number of aromatic amines is 1. The van der Waals surface area contributed by atoms with Crippen molar-refractivity contribution in [3.63, 3.8) is 0 Å². The first-order chi connectivity index (χ1) is 13.3. The molecule has 146 valence electrons. The number of rotatable bonds is 2. The van der Waals surface area contributed by atoms with Crippen LogP contribution in [0.5, 0.6) is 0 Å². The molecule has 0 radical (unpaired) electrons. The summed E-state index contributed by atoms with van der Waals surface area (Å²) in [5.41, 5.74) is -0.257. The van der Waals surface area contributed by atoms with E-state index in [9.17, 15) is 23.1 Å². The number of hydrogen-bond donors (Lipinski definition) is 2. The van der Waals surface area contributed by atoms with Gasteiger partial charge in [-0.3, -0.25) is 4.79 Å². The Morgan fingerprint density at radius 3 is 2.46 bits per heavy atom. The summed E-state index contributed by atoms with van der Waals surface area (Å²) in [6, 6.07) is 12.1. The van der Waals surface area contributed by atoms with Crippen LogP contribution in [0.15, 0.2) is 53.3 Å². The van der Waals surface area contributed by atoms with Crippen LogP contribution in [0.25, 0.3) is 22.0 Å². The van der Waals surface area contributed by atoms with Gasteiger partial charge in [0.15, 0.2) is 0 Å². The summed E-state index contributed by atoms with van der Waals surface area (Å²) in [6.07, 6.45) is -3.47. The highest BCUT2D eigenvalue weighted by atomic mass is 19.4. The monoisotopic (exact) mass is 388 g/mol. The number of nitrogens with zero attached hydrogens (tertiary/aromatic N) is 1. The van der Waals surface area contributed by atoms with E-state index in [1.54, 1.807) is 18.2 Å². The average Bonchev–Trinajstić information content (AvgIpc) is 2.68. The Morgan fingerprint density at radius 2 is 1.75 bits per heavy atom. The van der Waals surface area contributed by atoms with E-state index in [0.29, 0.717) is 36.7 Å². The molecule has 4 nitrogen and oxygen atoms in total. The quantitative estimate of drug-likeness (QED) is 0.693. The molecule has 0 amide bonds. The third kappa shape index (κ3) is 3.49. The minimum absolute atomic E-state index is 0.0527. The fourth-order valence-corrected chi connectivity index (χ4v) is 3.68. The molecule has 0 atom stereocenters. The first kappa shape index (κ1) is 18.6. The van der Waals surface area contributed by atoms with Gasteiger partial charge in [-0.1, -0.05) is 24.3 Å². The second kappa shape index (κ2) is 6.98. The third-order valence-corrected chi connectivity index (χ3v) is 5.18. The predicted molar refractivity (Wildman–Crippen MR) is 102 cm³/mol.